The second-order valence-corrected chi connectivity index (χ2v) is 10.1. The first-order valence-corrected chi connectivity index (χ1v) is 13.2. The van der Waals surface area contributed by atoms with Crippen molar-refractivity contribution in [3.63, 3.8) is 0 Å². The van der Waals surface area contributed by atoms with Gasteiger partial charge in [0.05, 0.1) is 11.3 Å². The molecule has 0 fully saturated rings. The van der Waals surface area contributed by atoms with Gasteiger partial charge in [0.15, 0.2) is 6.61 Å². The Bertz CT molecular complexity index is 1430. The molecule has 0 spiro atoms. The summed E-state index contributed by atoms with van der Waals surface area (Å²) in [5, 5.41) is 2.83. The van der Waals surface area contributed by atoms with Gasteiger partial charge in [0.2, 0.25) is 0 Å². The van der Waals surface area contributed by atoms with Crippen LogP contribution >= 0.6 is 0 Å². The van der Waals surface area contributed by atoms with Gasteiger partial charge in [-0.3, -0.25) is 14.5 Å². The SMILES string of the molecule is Cc1ccc(N2C(=O)c3ccccc3N(Cc3ccccc3)[C@@H]2c2ccc(OCC(=O)NC(C)C)cc2)cc1. The lowest BCUT2D eigenvalue weighted by Crippen LogP contribution is -2.49. The molecule has 4 aromatic carbocycles. The summed E-state index contributed by atoms with van der Waals surface area (Å²) in [7, 11) is 0. The summed E-state index contributed by atoms with van der Waals surface area (Å²) in [4.78, 5) is 30.2. The summed E-state index contributed by atoms with van der Waals surface area (Å²) >= 11 is 0. The van der Waals surface area contributed by atoms with Crippen molar-refractivity contribution in [3.8, 4) is 5.75 Å². The van der Waals surface area contributed by atoms with Crippen molar-refractivity contribution < 1.29 is 14.3 Å². The summed E-state index contributed by atoms with van der Waals surface area (Å²) in [5.74, 6) is 0.384. The third-order valence-electron chi connectivity index (χ3n) is 6.71. The first-order valence-electron chi connectivity index (χ1n) is 13.2. The van der Waals surface area contributed by atoms with Crippen LogP contribution in [0.5, 0.6) is 5.75 Å². The Hall–Kier alpha value is -4.58. The fourth-order valence-corrected chi connectivity index (χ4v) is 4.91. The molecule has 0 radical (unpaired) electrons. The summed E-state index contributed by atoms with van der Waals surface area (Å²) in [6.45, 7) is 6.43. The Morgan fingerprint density at radius 1 is 0.872 bits per heavy atom. The Morgan fingerprint density at radius 2 is 1.54 bits per heavy atom. The van der Waals surface area contributed by atoms with E-state index in [-0.39, 0.29) is 24.5 Å². The van der Waals surface area contributed by atoms with Crippen LogP contribution in [-0.4, -0.2) is 24.5 Å². The van der Waals surface area contributed by atoms with Gasteiger partial charge in [-0.15, -0.1) is 0 Å². The van der Waals surface area contributed by atoms with Crippen molar-refractivity contribution in [2.24, 2.45) is 0 Å². The molecule has 0 saturated heterocycles. The maximum atomic E-state index is 14.0. The van der Waals surface area contributed by atoms with Gasteiger partial charge in [-0.25, -0.2) is 0 Å². The van der Waals surface area contributed by atoms with Gasteiger partial charge < -0.3 is 15.0 Å². The summed E-state index contributed by atoms with van der Waals surface area (Å²) in [6, 6.07) is 33.8. The van der Waals surface area contributed by atoms with Crippen LogP contribution in [0.1, 0.15) is 47.1 Å². The molecule has 1 N–H and O–H groups in total. The molecule has 4 aromatic rings. The van der Waals surface area contributed by atoms with Crippen molar-refractivity contribution in [1.82, 2.24) is 5.32 Å². The van der Waals surface area contributed by atoms with Crippen molar-refractivity contribution in [2.45, 2.75) is 39.5 Å². The molecule has 1 atom stereocenters. The zero-order valence-corrected chi connectivity index (χ0v) is 22.5. The monoisotopic (exact) mass is 519 g/mol. The van der Waals surface area contributed by atoms with Gasteiger partial charge in [0.1, 0.15) is 11.9 Å². The largest absolute Gasteiger partial charge is 0.484 e. The molecular weight excluding hydrogens is 486 g/mol. The van der Waals surface area contributed by atoms with Crippen LogP contribution in [0.15, 0.2) is 103 Å². The van der Waals surface area contributed by atoms with Gasteiger partial charge >= 0.3 is 0 Å². The second-order valence-electron chi connectivity index (χ2n) is 10.1. The molecule has 0 bridgehead atoms. The molecule has 1 aliphatic rings. The lowest BCUT2D eigenvalue weighted by atomic mass is 9.99. The molecule has 0 saturated carbocycles. The number of amides is 2. The topological polar surface area (TPSA) is 61.9 Å². The molecule has 0 unspecified atom stereocenters. The van der Waals surface area contributed by atoms with Gasteiger partial charge in [0, 0.05) is 18.3 Å². The Balaban J connectivity index is 1.55. The number of nitrogens with one attached hydrogen (secondary N) is 1. The maximum absolute atomic E-state index is 14.0. The molecular formula is C33H33N3O3. The van der Waals surface area contributed by atoms with E-state index in [1.807, 2.05) is 117 Å². The average molecular weight is 520 g/mol. The van der Waals surface area contributed by atoms with Gasteiger partial charge in [-0.05, 0) is 68.3 Å². The Kier molecular flexibility index (Phi) is 7.64. The molecule has 0 aliphatic carbocycles. The number of aryl methyl sites for hydroxylation is 1. The molecule has 6 nitrogen and oxygen atoms in total. The zero-order valence-electron chi connectivity index (χ0n) is 22.5. The number of benzene rings is 4. The number of para-hydroxylation sites is 1. The molecule has 2 amide bonds. The number of rotatable bonds is 8. The predicted molar refractivity (Wildman–Crippen MR) is 155 cm³/mol. The molecule has 1 aliphatic heterocycles. The first kappa shape index (κ1) is 26.0. The molecule has 6 heteroatoms. The van der Waals surface area contributed by atoms with Gasteiger partial charge in [0.25, 0.3) is 11.8 Å². The second kappa shape index (κ2) is 11.4. The smallest absolute Gasteiger partial charge is 0.262 e. The number of anilines is 2. The van der Waals surface area contributed by atoms with Crippen LogP contribution in [0.3, 0.4) is 0 Å². The highest BCUT2D eigenvalue weighted by Crippen LogP contribution is 2.42. The maximum Gasteiger partial charge on any atom is 0.262 e. The summed E-state index contributed by atoms with van der Waals surface area (Å²) in [5.41, 5.74) is 5.60. The van der Waals surface area contributed by atoms with Crippen LogP contribution in [0.25, 0.3) is 0 Å². The Labute approximate surface area is 229 Å². The van der Waals surface area contributed by atoms with Gasteiger partial charge in [-0.1, -0.05) is 72.3 Å². The van der Waals surface area contributed by atoms with E-state index in [1.54, 1.807) is 0 Å². The van der Waals surface area contributed by atoms with Crippen molar-refractivity contribution in [3.05, 3.63) is 125 Å². The van der Waals surface area contributed by atoms with Gasteiger partial charge in [-0.2, -0.15) is 0 Å². The lowest BCUT2D eigenvalue weighted by molar-refractivity contribution is -0.123. The van der Waals surface area contributed by atoms with Crippen LogP contribution in [0, 0.1) is 6.92 Å². The Morgan fingerprint density at radius 3 is 2.23 bits per heavy atom. The third-order valence-corrected chi connectivity index (χ3v) is 6.71. The quantitative estimate of drug-likeness (QED) is 0.298. The van der Waals surface area contributed by atoms with E-state index >= 15 is 0 Å². The van der Waals surface area contributed by atoms with Crippen LogP contribution in [-0.2, 0) is 11.3 Å². The number of hydrogen-bond donors (Lipinski definition) is 1. The van der Waals surface area contributed by atoms with E-state index in [4.69, 9.17) is 4.74 Å². The highest BCUT2D eigenvalue weighted by molar-refractivity contribution is 6.12. The lowest BCUT2D eigenvalue weighted by Gasteiger charge is -2.46. The van der Waals surface area contributed by atoms with Crippen LogP contribution < -0.4 is 19.9 Å². The van der Waals surface area contributed by atoms with Crippen LogP contribution in [0.4, 0.5) is 11.4 Å². The van der Waals surface area contributed by atoms with E-state index in [0.29, 0.717) is 17.9 Å². The molecule has 1 heterocycles. The average Bonchev–Trinajstić information content (AvgIpc) is 2.94. The minimum atomic E-state index is -0.395. The summed E-state index contributed by atoms with van der Waals surface area (Å²) in [6.07, 6.45) is -0.395. The van der Waals surface area contributed by atoms with Crippen LogP contribution in [0.2, 0.25) is 0 Å². The van der Waals surface area contributed by atoms with E-state index in [1.165, 1.54) is 0 Å². The molecule has 39 heavy (non-hydrogen) atoms. The fraction of sp³-hybridized carbons (Fsp3) is 0.212. The number of ether oxygens (including phenoxy) is 1. The highest BCUT2D eigenvalue weighted by Gasteiger charge is 2.39. The molecule has 5 rings (SSSR count). The number of carbonyl (C=O) groups is 2. The first-order chi connectivity index (χ1) is 18.9. The standard InChI is InChI=1S/C33H33N3O3/c1-23(2)34-31(37)22-39-28-19-15-26(16-20-28)32-35(21-25-9-5-4-6-10-25)30-12-8-7-11-29(30)33(38)36(32)27-17-13-24(3)14-18-27/h4-20,23,32H,21-22H2,1-3H3,(H,34,37)/t32-/m0/s1. The number of nitrogens with zero attached hydrogens (tertiary/aromatic N) is 2. The predicted octanol–water partition coefficient (Wildman–Crippen LogP) is 6.26. The summed E-state index contributed by atoms with van der Waals surface area (Å²) < 4.78 is 5.73. The van der Waals surface area contributed by atoms with Crippen molar-refractivity contribution >= 4 is 23.2 Å². The van der Waals surface area contributed by atoms with E-state index < -0.39 is 6.17 Å². The fourth-order valence-electron chi connectivity index (χ4n) is 4.91. The minimum absolute atomic E-state index is 0.0468. The van der Waals surface area contributed by atoms with Crippen molar-refractivity contribution in [2.75, 3.05) is 16.4 Å². The van der Waals surface area contributed by atoms with E-state index in [2.05, 4.69) is 22.3 Å². The molecule has 0 aromatic heterocycles. The zero-order chi connectivity index (χ0) is 27.4. The number of hydrogen-bond acceptors (Lipinski definition) is 4. The van der Waals surface area contributed by atoms with E-state index in [9.17, 15) is 9.59 Å². The highest BCUT2D eigenvalue weighted by atomic mass is 16.5. The third kappa shape index (κ3) is 5.80. The number of carbonyl (C=O) groups excluding carboxylic acids is 2. The number of fused-ring (bicyclic) bond motifs is 1. The molecule has 198 valence electrons. The van der Waals surface area contributed by atoms with Crippen molar-refractivity contribution in [1.29, 1.82) is 0 Å². The van der Waals surface area contributed by atoms with E-state index in [0.717, 1.165) is 28.1 Å². The minimum Gasteiger partial charge on any atom is -0.484 e. The normalized spacial score (nSPS) is 14.8.